The summed E-state index contributed by atoms with van der Waals surface area (Å²) in [5.41, 5.74) is 0.796. The summed E-state index contributed by atoms with van der Waals surface area (Å²) < 4.78 is 26.7. The van der Waals surface area contributed by atoms with E-state index in [0.29, 0.717) is 12.8 Å². The van der Waals surface area contributed by atoms with Crippen LogP contribution in [0.3, 0.4) is 0 Å². The normalized spacial score (nSPS) is 20.6. The SMILES string of the molecule is C=C1CCC(S(=O)(=O)NC(C)(C)C)CC1. The maximum Gasteiger partial charge on any atom is 0.214 e. The van der Waals surface area contributed by atoms with Crippen molar-refractivity contribution in [2.45, 2.75) is 57.2 Å². The van der Waals surface area contributed by atoms with E-state index in [1.165, 1.54) is 5.57 Å². The molecule has 0 amide bonds. The summed E-state index contributed by atoms with van der Waals surface area (Å²) >= 11 is 0. The van der Waals surface area contributed by atoms with Crippen LogP contribution in [0.25, 0.3) is 0 Å². The number of rotatable bonds is 2. The summed E-state index contributed by atoms with van der Waals surface area (Å²) in [4.78, 5) is 0. The monoisotopic (exact) mass is 231 g/mol. The summed E-state index contributed by atoms with van der Waals surface area (Å²) in [5.74, 6) is 0. The van der Waals surface area contributed by atoms with Crippen molar-refractivity contribution in [2.75, 3.05) is 0 Å². The molecule has 1 aliphatic carbocycles. The van der Waals surface area contributed by atoms with Crippen LogP contribution >= 0.6 is 0 Å². The first-order chi connectivity index (χ1) is 6.71. The Labute approximate surface area is 93.0 Å². The summed E-state index contributed by atoms with van der Waals surface area (Å²) in [6, 6.07) is 0. The molecule has 1 rings (SSSR count). The Hall–Kier alpha value is -0.350. The smallest absolute Gasteiger partial charge is 0.212 e. The van der Waals surface area contributed by atoms with E-state index in [4.69, 9.17) is 0 Å². The lowest BCUT2D eigenvalue weighted by atomic mass is 9.96. The molecule has 1 N–H and O–H groups in total. The van der Waals surface area contributed by atoms with Crippen molar-refractivity contribution in [1.82, 2.24) is 4.72 Å². The molecule has 1 fully saturated rings. The molecule has 88 valence electrons. The average Bonchev–Trinajstić information content (AvgIpc) is 2.00. The first-order valence-corrected chi connectivity index (χ1v) is 6.95. The number of nitrogens with one attached hydrogen (secondary N) is 1. The maximum atomic E-state index is 12.0. The lowest BCUT2D eigenvalue weighted by Gasteiger charge is -2.28. The zero-order chi connectivity index (χ0) is 11.7. The molecule has 0 bridgehead atoms. The third kappa shape index (κ3) is 3.95. The highest BCUT2D eigenvalue weighted by molar-refractivity contribution is 7.90. The van der Waals surface area contributed by atoms with Crippen LogP contribution in [0.4, 0.5) is 0 Å². The maximum absolute atomic E-state index is 12.0. The fourth-order valence-electron chi connectivity index (χ4n) is 1.82. The molecule has 0 aromatic rings. The van der Waals surface area contributed by atoms with Gasteiger partial charge in [0.15, 0.2) is 0 Å². The molecular formula is C11H21NO2S. The second-order valence-corrected chi connectivity index (χ2v) is 7.31. The van der Waals surface area contributed by atoms with Crippen LogP contribution < -0.4 is 4.72 Å². The molecule has 0 saturated heterocycles. The van der Waals surface area contributed by atoms with Gasteiger partial charge in [0.1, 0.15) is 0 Å². The fraction of sp³-hybridized carbons (Fsp3) is 0.818. The summed E-state index contributed by atoms with van der Waals surface area (Å²) in [6.45, 7) is 9.49. The van der Waals surface area contributed by atoms with Gasteiger partial charge in [0.2, 0.25) is 10.0 Å². The molecular weight excluding hydrogens is 210 g/mol. The van der Waals surface area contributed by atoms with Gasteiger partial charge in [-0.25, -0.2) is 13.1 Å². The Morgan fingerprint density at radius 1 is 1.27 bits per heavy atom. The molecule has 0 atom stereocenters. The second kappa shape index (κ2) is 4.26. The average molecular weight is 231 g/mol. The van der Waals surface area contributed by atoms with E-state index in [9.17, 15) is 8.42 Å². The third-order valence-electron chi connectivity index (χ3n) is 2.53. The van der Waals surface area contributed by atoms with Crippen LogP contribution in [-0.4, -0.2) is 19.2 Å². The van der Waals surface area contributed by atoms with Crippen molar-refractivity contribution in [3.05, 3.63) is 12.2 Å². The molecule has 0 heterocycles. The summed E-state index contributed by atoms with van der Waals surface area (Å²) in [6.07, 6.45) is 3.11. The van der Waals surface area contributed by atoms with Crippen LogP contribution in [0.2, 0.25) is 0 Å². The quantitative estimate of drug-likeness (QED) is 0.741. The van der Waals surface area contributed by atoms with Crippen molar-refractivity contribution in [3.63, 3.8) is 0 Å². The highest BCUT2D eigenvalue weighted by Crippen LogP contribution is 2.27. The van der Waals surface area contributed by atoms with Crippen molar-refractivity contribution in [3.8, 4) is 0 Å². The largest absolute Gasteiger partial charge is 0.214 e. The second-order valence-electron chi connectivity index (χ2n) is 5.35. The van der Waals surface area contributed by atoms with E-state index in [1.807, 2.05) is 20.8 Å². The van der Waals surface area contributed by atoms with Crippen LogP contribution in [0.15, 0.2) is 12.2 Å². The molecule has 15 heavy (non-hydrogen) atoms. The Morgan fingerprint density at radius 3 is 2.13 bits per heavy atom. The highest BCUT2D eigenvalue weighted by atomic mass is 32.2. The molecule has 0 aromatic carbocycles. The summed E-state index contributed by atoms with van der Waals surface area (Å²) in [5, 5.41) is -0.234. The van der Waals surface area contributed by atoms with Crippen molar-refractivity contribution >= 4 is 10.0 Å². The minimum absolute atomic E-state index is 0.234. The predicted octanol–water partition coefficient (Wildman–Crippen LogP) is 2.20. The molecule has 1 aliphatic rings. The minimum Gasteiger partial charge on any atom is -0.212 e. The van der Waals surface area contributed by atoms with Crippen LogP contribution in [0, 0.1) is 0 Å². The first kappa shape index (κ1) is 12.7. The van der Waals surface area contributed by atoms with Gasteiger partial charge in [-0.2, -0.15) is 0 Å². The van der Waals surface area contributed by atoms with Gasteiger partial charge >= 0.3 is 0 Å². The topological polar surface area (TPSA) is 46.2 Å². The minimum atomic E-state index is -3.16. The van der Waals surface area contributed by atoms with Gasteiger partial charge in [-0.3, -0.25) is 0 Å². The predicted molar refractivity (Wildman–Crippen MR) is 63.2 cm³/mol. The molecule has 4 heteroatoms. The zero-order valence-electron chi connectivity index (χ0n) is 9.84. The number of allylic oxidation sites excluding steroid dienone is 1. The van der Waals surface area contributed by atoms with Crippen molar-refractivity contribution in [2.24, 2.45) is 0 Å². The van der Waals surface area contributed by atoms with E-state index < -0.39 is 10.0 Å². The molecule has 0 spiro atoms. The van der Waals surface area contributed by atoms with Gasteiger partial charge in [-0.1, -0.05) is 12.2 Å². The van der Waals surface area contributed by atoms with E-state index in [-0.39, 0.29) is 10.8 Å². The molecule has 1 saturated carbocycles. The molecule has 3 nitrogen and oxygen atoms in total. The Bertz CT molecular complexity index is 328. The highest BCUT2D eigenvalue weighted by Gasteiger charge is 2.31. The van der Waals surface area contributed by atoms with E-state index in [1.54, 1.807) is 0 Å². The van der Waals surface area contributed by atoms with Gasteiger partial charge < -0.3 is 0 Å². The van der Waals surface area contributed by atoms with Gasteiger partial charge in [0.05, 0.1) is 5.25 Å². The lowest BCUT2D eigenvalue weighted by molar-refractivity contribution is 0.470. The summed E-state index contributed by atoms with van der Waals surface area (Å²) in [7, 11) is -3.16. The Balaban J connectivity index is 2.67. The van der Waals surface area contributed by atoms with Gasteiger partial charge in [0.25, 0.3) is 0 Å². The number of hydrogen-bond donors (Lipinski definition) is 1. The van der Waals surface area contributed by atoms with Gasteiger partial charge in [-0.05, 0) is 46.5 Å². The van der Waals surface area contributed by atoms with Crippen LogP contribution in [0.5, 0.6) is 0 Å². The van der Waals surface area contributed by atoms with Crippen LogP contribution in [0.1, 0.15) is 46.5 Å². The van der Waals surface area contributed by atoms with E-state index in [0.717, 1.165) is 12.8 Å². The lowest BCUT2D eigenvalue weighted by Crippen LogP contribution is -2.46. The molecule has 0 radical (unpaired) electrons. The van der Waals surface area contributed by atoms with Gasteiger partial charge in [0, 0.05) is 5.54 Å². The molecule has 0 aromatic heterocycles. The number of hydrogen-bond acceptors (Lipinski definition) is 2. The van der Waals surface area contributed by atoms with Crippen LogP contribution in [-0.2, 0) is 10.0 Å². The first-order valence-electron chi connectivity index (χ1n) is 5.40. The fourth-order valence-corrected chi connectivity index (χ4v) is 3.70. The van der Waals surface area contributed by atoms with Crippen molar-refractivity contribution < 1.29 is 8.42 Å². The molecule has 0 aliphatic heterocycles. The van der Waals surface area contributed by atoms with Crippen molar-refractivity contribution in [1.29, 1.82) is 0 Å². The zero-order valence-corrected chi connectivity index (χ0v) is 10.7. The van der Waals surface area contributed by atoms with E-state index >= 15 is 0 Å². The van der Waals surface area contributed by atoms with Gasteiger partial charge in [-0.15, -0.1) is 0 Å². The van der Waals surface area contributed by atoms with E-state index in [2.05, 4.69) is 11.3 Å². The number of sulfonamides is 1. The Morgan fingerprint density at radius 2 is 1.73 bits per heavy atom. The molecule has 0 unspecified atom stereocenters. The third-order valence-corrected chi connectivity index (χ3v) is 4.77. The standard InChI is InChI=1S/C11H21NO2S/c1-9-5-7-10(8-6-9)15(13,14)12-11(2,3)4/h10,12H,1,5-8H2,2-4H3. The Kier molecular flexibility index (Phi) is 3.61.